The summed E-state index contributed by atoms with van der Waals surface area (Å²) in [7, 11) is -2.04. The van der Waals surface area contributed by atoms with E-state index in [1.54, 1.807) is 0 Å². The van der Waals surface area contributed by atoms with E-state index < -0.39 is 31.0 Å². The molecule has 0 aliphatic heterocycles. The van der Waals surface area contributed by atoms with Crippen molar-refractivity contribution in [3.05, 3.63) is 35.9 Å². The van der Waals surface area contributed by atoms with Gasteiger partial charge < -0.3 is 24.3 Å². The lowest BCUT2D eigenvalue weighted by molar-refractivity contribution is -0.227. The zero-order valence-corrected chi connectivity index (χ0v) is 25.2. The summed E-state index contributed by atoms with van der Waals surface area (Å²) in [6.45, 7) is 6.36. The van der Waals surface area contributed by atoms with Gasteiger partial charge in [-0.1, -0.05) is 102 Å². The molecule has 0 saturated carbocycles. The highest BCUT2D eigenvalue weighted by Gasteiger charge is 2.52. The molecule has 0 heterocycles. The van der Waals surface area contributed by atoms with Gasteiger partial charge in [0, 0.05) is 6.61 Å². The fraction of sp³-hybridized carbons (Fsp3) is 0.759. The van der Waals surface area contributed by atoms with E-state index in [4.69, 9.17) is 22.1 Å². The highest BCUT2D eigenvalue weighted by Crippen LogP contribution is 2.43. The van der Waals surface area contributed by atoms with Gasteiger partial charge in [0.2, 0.25) is 6.29 Å². The van der Waals surface area contributed by atoms with Gasteiger partial charge in [-0.2, -0.15) is 0 Å². The van der Waals surface area contributed by atoms with Crippen LogP contribution in [-0.2, 0) is 18.8 Å². The number of aliphatic hydroxyl groups is 1. The van der Waals surface area contributed by atoms with Gasteiger partial charge in [0.25, 0.3) is 5.34 Å². The highest BCUT2D eigenvalue weighted by atomic mass is 32.1. The molecular formula is C29H51O6PS. The van der Waals surface area contributed by atoms with Crippen LogP contribution in [0.4, 0.5) is 0 Å². The Hall–Kier alpha value is -0.850. The van der Waals surface area contributed by atoms with Gasteiger partial charge in [-0.05, 0) is 50.0 Å². The summed E-state index contributed by atoms with van der Waals surface area (Å²) < 4.78 is 23.8. The lowest BCUT2D eigenvalue weighted by Crippen LogP contribution is -2.53. The Labute approximate surface area is 231 Å². The van der Waals surface area contributed by atoms with E-state index >= 15 is 0 Å². The number of unbranched alkanes of at least 4 members (excludes halogenated alkanes) is 7. The molecular weight excluding hydrogens is 507 g/mol. The van der Waals surface area contributed by atoms with Crippen molar-refractivity contribution >= 4 is 27.1 Å². The Bertz CT molecular complexity index is 751. The largest absolute Gasteiger partial charge is 0.479 e. The lowest BCUT2D eigenvalue weighted by Gasteiger charge is -2.39. The number of rotatable bonds is 23. The van der Waals surface area contributed by atoms with Crippen LogP contribution in [-0.4, -0.2) is 39.4 Å². The van der Waals surface area contributed by atoms with Crippen LogP contribution >= 0.6 is 21.1 Å². The Morgan fingerprint density at radius 3 is 2.11 bits per heavy atom. The highest BCUT2D eigenvalue weighted by molar-refractivity contribution is 7.81. The molecule has 1 aromatic carbocycles. The third kappa shape index (κ3) is 12.3. The summed E-state index contributed by atoms with van der Waals surface area (Å²) >= 11 is 4.91. The monoisotopic (exact) mass is 558 g/mol. The average Bonchev–Trinajstić information content (AvgIpc) is 2.90. The summed E-state index contributed by atoms with van der Waals surface area (Å²) in [6.07, 6.45) is 11.4. The first-order chi connectivity index (χ1) is 17.8. The second-order valence-corrected chi connectivity index (χ2v) is 12.1. The van der Waals surface area contributed by atoms with Gasteiger partial charge >= 0.3 is 5.97 Å². The van der Waals surface area contributed by atoms with Crippen molar-refractivity contribution in [1.82, 2.24) is 0 Å². The van der Waals surface area contributed by atoms with Crippen molar-refractivity contribution < 1.29 is 29.0 Å². The number of hydrogen-bond acceptors (Lipinski definition) is 6. The molecule has 5 unspecified atom stereocenters. The number of aliphatic carboxylic acids is 1. The van der Waals surface area contributed by atoms with Crippen LogP contribution < -0.4 is 0 Å². The predicted octanol–water partition coefficient (Wildman–Crippen LogP) is 7.81. The van der Waals surface area contributed by atoms with Crippen molar-refractivity contribution in [2.24, 2.45) is 0 Å². The minimum absolute atomic E-state index is 0.142. The second-order valence-electron chi connectivity index (χ2n) is 10.1. The molecule has 0 bridgehead atoms. The number of carbonyl (C=O) groups is 1. The van der Waals surface area contributed by atoms with E-state index in [-0.39, 0.29) is 12.5 Å². The van der Waals surface area contributed by atoms with E-state index in [0.717, 1.165) is 44.9 Å². The van der Waals surface area contributed by atoms with Crippen molar-refractivity contribution in [1.29, 1.82) is 0 Å². The smallest absolute Gasteiger partial charge is 0.348 e. The van der Waals surface area contributed by atoms with Crippen molar-refractivity contribution in [2.75, 3.05) is 6.61 Å². The molecule has 0 saturated heterocycles. The van der Waals surface area contributed by atoms with E-state index in [2.05, 4.69) is 26.0 Å². The van der Waals surface area contributed by atoms with E-state index in [1.165, 1.54) is 31.2 Å². The fourth-order valence-corrected chi connectivity index (χ4v) is 5.76. The minimum atomic E-state index is -2.33. The maximum atomic E-state index is 12.4. The molecule has 0 aromatic heterocycles. The summed E-state index contributed by atoms with van der Waals surface area (Å²) in [5.74, 6) is -1.20. The first kappa shape index (κ1) is 34.2. The first-order valence-electron chi connectivity index (χ1n) is 14.2. The van der Waals surface area contributed by atoms with Crippen LogP contribution in [0, 0.1) is 0 Å². The average molecular weight is 559 g/mol. The molecule has 0 amide bonds. The van der Waals surface area contributed by atoms with E-state index in [9.17, 15) is 19.6 Å². The van der Waals surface area contributed by atoms with Crippen LogP contribution in [0.2, 0.25) is 0 Å². The minimum Gasteiger partial charge on any atom is -0.479 e. The molecule has 0 radical (unpaired) electrons. The second kappa shape index (κ2) is 19.2. The van der Waals surface area contributed by atoms with Gasteiger partial charge in [-0.15, -0.1) is 12.6 Å². The van der Waals surface area contributed by atoms with Crippen LogP contribution in [0.3, 0.4) is 0 Å². The first-order valence-corrected chi connectivity index (χ1v) is 15.7. The molecule has 0 aliphatic carbocycles. The number of ether oxygens (including phenoxy) is 2. The molecule has 0 aliphatic rings. The van der Waals surface area contributed by atoms with Crippen molar-refractivity contribution in [2.45, 2.75) is 133 Å². The number of benzene rings is 1. The maximum absolute atomic E-state index is 12.4. The zero-order chi connectivity index (χ0) is 27.6. The van der Waals surface area contributed by atoms with Gasteiger partial charge in [-0.3, -0.25) is 0 Å². The third-order valence-corrected chi connectivity index (χ3v) is 8.49. The molecule has 0 spiro atoms. The van der Waals surface area contributed by atoms with Crippen molar-refractivity contribution in [3.8, 4) is 0 Å². The van der Waals surface area contributed by atoms with Crippen LogP contribution in [0.5, 0.6) is 0 Å². The SMILES string of the molecule is CCCCCCCCCC(S)(CCC(CCCC)c1ccccc1)OC([PH2]=O)(C(=O)O)C(O)OCCC. The number of aliphatic hydroxyl groups excluding tert-OH is 1. The van der Waals surface area contributed by atoms with Crippen LogP contribution in [0.1, 0.15) is 122 Å². The van der Waals surface area contributed by atoms with Crippen LogP contribution in [0.15, 0.2) is 30.3 Å². The zero-order valence-electron chi connectivity index (χ0n) is 23.2. The molecule has 1 rings (SSSR count). The maximum Gasteiger partial charge on any atom is 0.348 e. The Morgan fingerprint density at radius 2 is 1.54 bits per heavy atom. The quantitative estimate of drug-likeness (QED) is 0.0549. The van der Waals surface area contributed by atoms with E-state index in [0.29, 0.717) is 19.3 Å². The Kier molecular flexibility index (Phi) is 17.8. The molecule has 5 atom stereocenters. The number of thiol groups is 1. The topological polar surface area (TPSA) is 93.1 Å². The van der Waals surface area contributed by atoms with Crippen LogP contribution in [0.25, 0.3) is 0 Å². The van der Waals surface area contributed by atoms with E-state index in [1.807, 2.05) is 25.1 Å². The van der Waals surface area contributed by atoms with Gasteiger partial charge in [0.1, 0.15) is 13.4 Å². The molecule has 1 aromatic rings. The molecule has 214 valence electrons. The van der Waals surface area contributed by atoms with Gasteiger partial charge in [0.05, 0.1) is 0 Å². The van der Waals surface area contributed by atoms with Gasteiger partial charge in [0.15, 0.2) is 0 Å². The molecule has 37 heavy (non-hydrogen) atoms. The number of carboxylic acids is 1. The summed E-state index contributed by atoms with van der Waals surface area (Å²) in [6, 6.07) is 10.3. The standard InChI is InChI=1S/C29H51O6PS/c1-4-7-9-10-11-12-16-21-28(37,35-29(36-33,26(30)31)27(32)34-23-6-3)22-20-25(17-8-5-2)24-18-14-13-15-19-24/h13-15,18-19,25,27,32,37H,4-12,16-17,20-23,36H2,1-3H3,(H,30,31). The molecule has 6 nitrogen and oxygen atoms in total. The fourth-order valence-electron chi connectivity index (χ4n) is 4.64. The normalized spacial score (nSPS) is 16.9. The Morgan fingerprint density at radius 1 is 0.919 bits per heavy atom. The Balaban J connectivity index is 3.10. The molecule has 0 fully saturated rings. The molecule has 8 heteroatoms. The van der Waals surface area contributed by atoms with Crippen molar-refractivity contribution in [3.63, 3.8) is 0 Å². The molecule has 2 N–H and O–H groups in total. The predicted molar refractivity (Wildman–Crippen MR) is 156 cm³/mol. The summed E-state index contributed by atoms with van der Waals surface area (Å²) in [5, 5.41) is 18.4. The number of hydrogen-bond donors (Lipinski definition) is 3. The number of carboxylic acid groups (broad SMARTS) is 1. The summed E-state index contributed by atoms with van der Waals surface area (Å²) in [5.41, 5.74) is 1.24. The third-order valence-electron chi connectivity index (χ3n) is 6.95. The summed E-state index contributed by atoms with van der Waals surface area (Å²) in [4.78, 5) is 11.2. The van der Waals surface area contributed by atoms with Gasteiger partial charge in [-0.25, -0.2) is 4.79 Å². The lowest BCUT2D eigenvalue weighted by atomic mass is 9.87.